The summed E-state index contributed by atoms with van der Waals surface area (Å²) in [5.74, 6) is 2.27. The van der Waals surface area contributed by atoms with Gasteiger partial charge in [0.05, 0.1) is 6.54 Å². The number of nitrogens with two attached hydrogens (primary N) is 1. The number of likely N-dealkylation sites (tertiary alicyclic amines) is 1. The van der Waals surface area contributed by atoms with Crippen molar-refractivity contribution in [3.63, 3.8) is 0 Å². The Labute approximate surface area is 120 Å². The molecule has 1 aromatic heterocycles. The predicted octanol–water partition coefficient (Wildman–Crippen LogP) is 2.07. The van der Waals surface area contributed by atoms with Crippen LogP contribution in [-0.2, 0) is 6.54 Å². The van der Waals surface area contributed by atoms with Crippen LogP contribution in [0.25, 0.3) is 0 Å². The highest BCUT2D eigenvalue weighted by Crippen LogP contribution is 2.38. The third kappa shape index (κ3) is 3.68. The lowest BCUT2D eigenvalue weighted by Gasteiger charge is -2.34. The highest BCUT2D eigenvalue weighted by atomic mass is 35.5. The molecule has 0 bridgehead atoms. The van der Waals surface area contributed by atoms with E-state index in [9.17, 15) is 0 Å². The minimum atomic E-state index is 0. The van der Waals surface area contributed by atoms with E-state index in [1.165, 1.54) is 32.1 Å². The van der Waals surface area contributed by atoms with Crippen LogP contribution in [0, 0.1) is 0 Å². The van der Waals surface area contributed by atoms with E-state index < -0.39 is 0 Å². The fraction of sp³-hybridized carbons (Fsp3) is 0.846. The molecule has 5 nitrogen and oxygen atoms in total. The van der Waals surface area contributed by atoms with Crippen molar-refractivity contribution in [1.82, 2.24) is 15.0 Å². The zero-order chi connectivity index (χ0) is 12.4. The van der Waals surface area contributed by atoms with Crippen LogP contribution in [-0.4, -0.2) is 34.2 Å². The molecule has 19 heavy (non-hydrogen) atoms. The summed E-state index contributed by atoms with van der Waals surface area (Å²) in [6.07, 6.45) is 7.35. The average Bonchev–Trinajstić information content (AvgIpc) is 3.13. The van der Waals surface area contributed by atoms with Crippen molar-refractivity contribution in [1.29, 1.82) is 0 Å². The number of nitrogens with zero attached hydrogens (tertiary/aromatic N) is 3. The van der Waals surface area contributed by atoms with E-state index in [0.29, 0.717) is 12.0 Å². The average molecular weight is 287 g/mol. The zero-order valence-electron chi connectivity index (χ0n) is 11.3. The number of aromatic nitrogens is 2. The van der Waals surface area contributed by atoms with Crippen molar-refractivity contribution in [2.24, 2.45) is 5.73 Å². The summed E-state index contributed by atoms with van der Waals surface area (Å²) in [6.45, 7) is 2.69. The van der Waals surface area contributed by atoms with Gasteiger partial charge in [0.1, 0.15) is 0 Å². The van der Waals surface area contributed by atoms with Gasteiger partial charge in [0, 0.05) is 12.0 Å². The van der Waals surface area contributed by atoms with Crippen LogP contribution in [0.3, 0.4) is 0 Å². The molecule has 2 heterocycles. The van der Waals surface area contributed by atoms with Gasteiger partial charge in [-0.2, -0.15) is 4.98 Å². The smallest absolute Gasteiger partial charge is 0.240 e. The van der Waals surface area contributed by atoms with Crippen molar-refractivity contribution in [3.05, 3.63) is 11.7 Å². The van der Waals surface area contributed by atoms with Crippen LogP contribution < -0.4 is 5.73 Å². The number of hydrogen-bond acceptors (Lipinski definition) is 5. The monoisotopic (exact) mass is 286 g/mol. The number of halogens is 1. The Morgan fingerprint density at radius 1 is 1.26 bits per heavy atom. The van der Waals surface area contributed by atoms with E-state index >= 15 is 0 Å². The first kappa shape index (κ1) is 14.8. The molecule has 0 amide bonds. The Morgan fingerprint density at radius 3 is 2.84 bits per heavy atom. The molecule has 0 radical (unpaired) electrons. The quantitative estimate of drug-likeness (QED) is 0.897. The summed E-state index contributed by atoms with van der Waals surface area (Å²) in [5.41, 5.74) is 5.69. The van der Waals surface area contributed by atoms with Crippen molar-refractivity contribution in [2.45, 2.75) is 57.0 Å². The summed E-state index contributed by atoms with van der Waals surface area (Å²) in [5, 5.41) is 4.08. The Kier molecular flexibility index (Phi) is 5.19. The highest BCUT2D eigenvalue weighted by molar-refractivity contribution is 5.85. The Bertz CT molecular complexity index is 392. The molecule has 0 spiro atoms. The largest absolute Gasteiger partial charge is 0.338 e. The predicted molar refractivity (Wildman–Crippen MR) is 75.2 cm³/mol. The molecule has 2 fully saturated rings. The van der Waals surface area contributed by atoms with Crippen LogP contribution in [0.2, 0.25) is 0 Å². The van der Waals surface area contributed by atoms with Crippen LogP contribution in [0.5, 0.6) is 0 Å². The molecule has 1 saturated carbocycles. The fourth-order valence-corrected chi connectivity index (χ4v) is 2.80. The SMILES string of the molecule is Cl.NCCC1CCCCN1Cc1nc(C2CC2)no1. The van der Waals surface area contributed by atoms with E-state index in [2.05, 4.69) is 15.0 Å². The van der Waals surface area contributed by atoms with E-state index in [-0.39, 0.29) is 12.4 Å². The van der Waals surface area contributed by atoms with E-state index in [1.807, 2.05) is 0 Å². The molecule has 1 atom stereocenters. The first-order chi connectivity index (χ1) is 8.86. The molecule has 6 heteroatoms. The second kappa shape index (κ2) is 6.68. The molecule has 1 unspecified atom stereocenters. The lowest BCUT2D eigenvalue weighted by Crippen LogP contribution is -2.40. The van der Waals surface area contributed by atoms with Gasteiger partial charge in [-0.05, 0) is 45.2 Å². The Hall–Kier alpha value is -0.650. The van der Waals surface area contributed by atoms with Gasteiger partial charge in [-0.1, -0.05) is 11.6 Å². The summed E-state index contributed by atoms with van der Waals surface area (Å²) in [4.78, 5) is 6.97. The highest BCUT2D eigenvalue weighted by Gasteiger charge is 2.30. The summed E-state index contributed by atoms with van der Waals surface area (Å²) < 4.78 is 5.36. The van der Waals surface area contributed by atoms with Gasteiger partial charge in [-0.25, -0.2) is 0 Å². The topological polar surface area (TPSA) is 68.2 Å². The van der Waals surface area contributed by atoms with Gasteiger partial charge in [-0.15, -0.1) is 12.4 Å². The molecule has 1 aliphatic heterocycles. The molecule has 2 N–H and O–H groups in total. The lowest BCUT2D eigenvalue weighted by atomic mass is 9.99. The summed E-state index contributed by atoms with van der Waals surface area (Å²) in [7, 11) is 0. The zero-order valence-corrected chi connectivity index (χ0v) is 12.1. The normalized spacial score (nSPS) is 24.2. The molecular weight excluding hydrogens is 264 g/mol. The van der Waals surface area contributed by atoms with E-state index in [1.54, 1.807) is 0 Å². The van der Waals surface area contributed by atoms with Gasteiger partial charge < -0.3 is 10.3 Å². The van der Waals surface area contributed by atoms with Crippen LogP contribution in [0.4, 0.5) is 0 Å². The third-order valence-corrected chi connectivity index (χ3v) is 4.01. The van der Waals surface area contributed by atoms with Gasteiger partial charge >= 0.3 is 0 Å². The Morgan fingerprint density at radius 2 is 2.11 bits per heavy atom. The minimum absolute atomic E-state index is 0. The molecule has 108 valence electrons. The molecule has 1 saturated heterocycles. The minimum Gasteiger partial charge on any atom is -0.338 e. The number of rotatable bonds is 5. The number of piperidine rings is 1. The molecule has 1 aliphatic carbocycles. The van der Waals surface area contributed by atoms with Crippen molar-refractivity contribution < 1.29 is 4.52 Å². The van der Waals surface area contributed by atoms with Gasteiger partial charge in [0.15, 0.2) is 5.82 Å². The van der Waals surface area contributed by atoms with Gasteiger partial charge in [-0.3, -0.25) is 4.90 Å². The van der Waals surface area contributed by atoms with Gasteiger partial charge in [0.25, 0.3) is 0 Å². The second-order valence-electron chi connectivity index (χ2n) is 5.52. The molecular formula is C13H23ClN4O. The maximum Gasteiger partial charge on any atom is 0.240 e. The maximum absolute atomic E-state index is 5.69. The van der Waals surface area contributed by atoms with E-state index in [0.717, 1.165) is 37.8 Å². The maximum atomic E-state index is 5.69. The fourth-order valence-electron chi connectivity index (χ4n) is 2.80. The molecule has 0 aromatic carbocycles. The molecule has 2 aliphatic rings. The van der Waals surface area contributed by atoms with Crippen LogP contribution in [0.15, 0.2) is 4.52 Å². The third-order valence-electron chi connectivity index (χ3n) is 4.01. The first-order valence-corrected chi connectivity index (χ1v) is 7.13. The van der Waals surface area contributed by atoms with Crippen LogP contribution >= 0.6 is 12.4 Å². The van der Waals surface area contributed by atoms with Crippen molar-refractivity contribution in [2.75, 3.05) is 13.1 Å². The van der Waals surface area contributed by atoms with Crippen LogP contribution in [0.1, 0.15) is 56.2 Å². The summed E-state index contributed by atoms with van der Waals surface area (Å²) >= 11 is 0. The van der Waals surface area contributed by atoms with Gasteiger partial charge in [0.2, 0.25) is 5.89 Å². The molecule has 3 rings (SSSR count). The number of hydrogen-bond donors (Lipinski definition) is 1. The molecule has 1 aromatic rings. The standard InChI is InChI=1S/C13H22N4O.ClH/c14-7-6-11-3-1-2-8-17(11)9-12-15-13(16-18-12)10-4-5-10;/h10-11H,1-9,14H2;1H. The Balaban J connectivity index is 0.00000133. The van der Waals surface area contributed by atoms with Crippen molar-refractivity contribution in [3.8, 4) is 0 Å². The lowest BCUT2D eigenvalue weighted by molar-refractivity contribution is 0.118. The van der Waals surface area contributed by atoms with Crippen molar-refractivity contribution >= 4 is 12.4 Å². The summed E-state index contributed by atoms with van der Waals surface area (Å²) in [6, 6.07) is 0.597. The first-order valence-electron chi connectivity index (χ1n) is 7.13. The second-order valence-corrected chi connectivity index (χ2v) is 5.52. The van der Waals surface area contributed by atoms with E-state index in [4.69, 9.17) is 10.3 Å².